The molecule has 0 aromatic heterocycles. The third kappa shape index (κ3) is 2.70. The molecule has 0 bridgehead atoms. The van der Waals surface area contributed by atoms with Crippen LogP contribution < -0.4 is 4.74 Å². The predicted molar refractivity (Wildman–Crippen MR) is 56.9 cm³/mol. The number of halogens is 1. The number of rotatable bonds is 4. The Labute approximate surface area is 93.5 Å². The molecular formula is C11H14FNO3. The van der Waals surface area contributed by atoms with Gasteiger partial charge in [-0.2, -0.15) is 0 Å². The van der Waals surface area contributed by atoms with Crippen LogP contribution in [-0.4, -0.2) is 32.2 Å². The molecule has 0 unspecified atom stereocenters. The highest BCUT2D eigenvalue weighted by atomic mass is 19.1. The van der Waals surface area contributed by atoms with E-state index in [2.05, 4.69) is 0 Å². The Balaban J connectivity index is 3.07. The van der Waals surface area contributed by atoms with Crippen LogP contribution in [0.5, 0.6) is 5.75 Å². The molecule has 1 amide bonds. The average Bonchev–Trinajstić information content (AvgIpc) is 2.35. The largest absolute Gasteiger partial charge is 0.497 e. The van der Waals surface area contributed by atoms with E-state index in [-0.39, 0.29) is 5.91 Å². The molecule has 0 radical (unpaired) electrons. The summed E-state index contributed by atoms with van der Waals surface area (Å²) in [4.78, 5) is 16.5. The van der Waals surface area contributed by atoms with Crippen LogP contribution in [0.2, 0.25) is 0 Å². The number of ether oxygens (including phenoxy) is 1. The highest BCUT2D eigenvalue weighted by Gasteiger charge is 2.13. The first kappa shape index (κ1) is 12.4. The SMILES string of the molecule is COc1cc(CF)cc(C(=O)N(C)OC)c1. The summed E-state index contributed by atoms with van der Waals surface area (Å²) in [7, 11) is 4.33. The van der Waals surface area contributed by atoms with E-state index in [9.17, 15) is 9.18 Å². The Morgan fingerprint density at radius 3 is 2.56 bits per heavy atom. The highest BCUT2D eigenvalue weighted by Crippen LogP contribution is 2.18. The third-order valence-electron chi connectivity index (χ3n) is 2.16. The van der Waals surface area contributed by atoms with Gasteiger partial charge in [-0.15, -0.1) is 0 Å². The van der Waals surface area contributed by atoms with Crippen LogP contribution in [0, 0.1) is 0 Å². The molecule has 5 heteroatoms. The first-order valence-electron chi connectivity index (χ1n) is 4.68. The van der Waals surface area contributed by atoms with Gasteiger partial charge in [-0.05, 0) is 23.8 Å². The molecule has 0 N–H and O–H groups in total. The molecule has 1 rings (SSSR count). The molecule has 88 valence electrons. The van der Waals surface area contributed by atoms with Gasteiger partial charge in [0.15, 0.2) is 0 Å². The van der Waals surface area contributed by atoms with Gasteiger partial charge in [-0.3, -0.25) is 9.63 Å². The number of hydrogen-bond donors (Lipinski definition) is 0. The van der Waals surface area contributed by atoms with Crippen LogP contribution in [0.1, 0.15) is 15.9 Å². The Morgan fingerprint density at radius 2 is 2.06 bits per heavy atom. The molecule has 0 aliphatic carbocycles. The Kier molecular flexibility index (Phi) is 4.25. The van der Waals surface area contributed by atoms with E-state index in [1.165, 1.54) is 33.4 Å². The van der Waals surface area contributed by atoms with Crippen molar-refractivity contribution in [1.82, 2.24) is 5.06 Å². The second-order valence-electron chi connectivity index (χ2n) is 3.19. The summed E-state index contributed by atoms with van der Waals surface area (Å²) in [5.74, 6) is 0.0964. The van der Waals surface area contributed by atoms with Gasteiger partial charge in [0.1, 0.15) is 12.4 Å². The predicted octanol–water partition coefficient (Wildman–Crippen LogP) is 1.80. The van der Waals surface area contributed by atoms with Crippen molar-refractivity contribution in [3.8, 4) is 5.75 Å². The molecule has 0 atom stereocenters. The topological polar surface area (TPSA) is 38.8 Å². The van der Waals surface area contributed by atoms with Crippen LogP contribution in [0.3, 0.4) is 0 Å². The van der Waals surface area contributed by atoms with E-state index in [1.54, 1.807) is 6.07 Å². The molecule has 0 saturated carbocycles. The normalized spacial score (nSPS) is 10.0. The minimum atomic E-state index is -0.645. The molecule has 1 aromatic carbocycles. The zero-order chi connectivity index (χ0) is 12.1. The maximum atomic E-state index is 12.6. The van der Waals surface area contributed by atoms with Gasteiger partial charge in [0.05, 0.1) is 14.2 Å². The maximum absolute atomic E-state index is 12.6. The molecule has 16 heavy (non-hydrogen) atoms. The van der Waals surface area contributed by atoms with Crippen LogP contribution in [0.4, 0.5) is 4.39 Å². The Hall–Kier alpha value is -1.62. The Morgan fingerprint density at radius 1 is 1.38 bits per heavy atom. The van der Waals surface area contributed by atoms with Crippen molar-refractivity contribution in [1.29, 1.82) is 0 Å². The molecule has 0 aliphatic heterocycles. The van der Waals surface area contributed by atoms with E-state index in [0.717, 1.165) is 5.06 Å². The number of benzene rings is 1. The molecular weight excluding hydrogens is 213 g/mol. The van der Waals surface area contributed by atoms with Gasteiger partial charge in [0.2, 0.25) is 0 Å². The maximum Gasteiger partial charge on any atom is 0.277 e. The van der Waals surface area contributed by atoms with Gasteiger partial charge in [-0.25, -0.2) is 9.45 Å². The Bertz CT molecular complexity index is 359. The van der Waals surface area contributed by atoms with Crippen LogP contribution in [0.15, 0.2) is 18.2 Å². The smallest absolute Gasteiger partial charge is 0.277 e. The number of amides is 1. The number of carbonyl (C=O) groups is 1. The van der Waals surface area contributed by atoms with E-state index < -0.39 is 6.67 Å². The van der Waals surface area contributed by atoms with E-state index in [0.29, 0.717) is 16.9 Å². The zero-order valence-electron chi connectivity index (χ0n) is 9.49. The number of carbonyl (C=O) groups excluding carboxylic acids is 1. The van der Waals surface area contributed by atoms with Crippen molar-refractivity contribution in [2.24, 2.45) is 0 Å². The summed E-state index contributed by atoms with van der Waals surface area (Å²) in [6.45, 7) is -0.645. The first-order chi connectivity index (χ1) is 7.62. The fraction of sp³-hybridized carbons (Fsp3) is 0.364. The second-order valence-corrected chi connectivity index (χ2v) is 3.19. The molecule has 0 fully saturated rings. The average molecular weight is 227 g/mol. The molecule has 4 nitrogen and oxygen atoms in total. The summed E-state index contributed by atoms with van der Waals surface area (Å²) >= 11 is 0. The van der Waals surface area contributed by atoms with Crippen molar-refractivity contribution in [2.75, 3.05) is 21.3 Å². The van der Waals surface area contributed by atoms with Crippen molar-refractivity contribution >= 4 is 5.91 Å². The lowest BCUT2D eigenvalue weighted by Crippen LogP contribution is -2.25. The number of nitrogens with zero attached hydrogens (tertiary/aromatic N) is 1. The zero-order valence-corrected chi connectivity index (χ0v) is 9.49. The number of hydrogen-bond acceptors (Lipinski definition) is 3. The fourth-order valence-corrected chi connectivity index (χ4v) is 1.24. The van der Waals surface area contributed by atoms with Gasteiger partial charge >= 0.3 is 0 Å². The first-order valence-corrected chi connectivity index (χ1v) is 4.68. The quantitative estimate of drug-likeness (QED) is 0.736. The van der Waals surface area contributed by atoms with Crippen LogP contribution in [0.25, 0.3) is 0 Å². The van der Waals surface area contributed by atoms with Crippen molar-refractivity contribution in [3.05, 3.63) is 29.3 Å². The lowest BCUT2D eigenvalue weighted by Gasteiger charge is -2.14. The minimum Gasteiger partial charge on any atom is -0.497 e. The van der Waals surface area contributed by atoms with Gasteiger partial charge in [0.25, 0.3) is 5.91 Å². The number of alkyl halides is 1. The summed E-state index contributed by atoms with van der Waals surface area (Å²) in [6, 6.07) is 4.56. The van der Waals surface area contributed by atoms with Crippen LogP contribution in [-0.2, 0) is 11.5 Å². The fourth-order valence-electron chi connectivity index (χ4n) is 1.24. The molecule has 0 spiro atoms. The number of methoxy groups -OCH3 is 1. The monoisotopic (exact) mass is 227 g/mol. The van der Waals surface area contributed by atoms with Crippen LogP contribution >= 0.6 is 0 Å². The molecule has 1 aromatic rings. The van der Waals surface area contributed by atoms with Crippen molar-refractivity contribution in [2.45, 2.75) is 6.67 Å². The summed E-state index contributed by atoms with van der Waals surface area (Å²) in [6.07, 6.45) is 0. The van der Waals surface area contributed by atoms with Gasteiger partial charge in [0, 0.05) is 12.6 Å². The van der Waals surface area contributed by atoms with E-state index in [4.69, 9.17) is 9.57 Å². The molecule has 0 saturated heterocycles. The van der Waals surface area contributed by atoms with E-state index >= 15 is 0 Å². The molecule has 0 aliphatic rings. The summed E-state index contributed by atoms with van der Waals surface area (Å²) in [5.41, 5.74) is 0.726. The minimum absolute atomic E-state index is 0.330. The van der Waals surface area contributed by atoms with Gasteiger partial charge in [-0.1, -0.05) is 0 Å². The second kappa shape index (κ2) is 5.46. The lowest BCUT2D eigenvalue weighted by molar-refractivity contribution is -0.0757. The highest BCUT2D eigenvalue weighted by molar-refractivity contribution is 5.94. The van der Waals surface area contributed by atoms with Gasteiger partial charge < -0.3 is 4.74 Å². The summed E-state index contributed by atoms with van der Waals surface area (Å²) in [5, 5.41) is 1.07. The van der Waals surface area contributed by atoms with E-state index in [1.807, 2.05) is 0 Å². The summed E-state index contributed by atoms with van der Waals surface area (Å²) < 4.78 is 17.5. The lowest BCUT2D eigenvalue weighted by atomic mass is 10.1. The molecule has 0 heterocycles. The third-order valence-corrected chi connectivity index (χ3v) is 2.16. The number of hydroxylamine groups is 2. The van der Waals surface area contributed by atoms with Crippen molar-refractivity contribution < 1.29 is 18.8 Å². The van der Waals surface area contributed by atoms with Crippen molar-refractivity contribution in [3.63, 3.8) is 0 Å². The standard InChI is InChI=1S/C11H14FNO3/c1-13(16-3)11(14)9-4-8(7-12)5-10(6-9)15-2/h4-6H,7H2,1-3H3.